The van der Waals surface area contributed by atoms with E-state index < -0.39 is 0 Å². The summed E-state index contributed by atoms with van der Waals surface area (Å²) in [6, 6.07) is 10.5. The third kappa shape index (κ3) is 6.54. The van der Waals surface area contributed by atoms with Crippen LogP contribution in [0.15, 0.2) is 30.3 Å². The molecule has 0 bridgehead atoms. The van der Waals surface area contributed by atoms with Gasteiger partial charge in [-0.3, -0.25) is 15.2 Å². The second-order valence-electron chi connectivity index (χ2n) is 7.07. The molecule has 1 aliphatic heterocycles. The molecule has 1 amide bonds. The molecule has 0 spiro atoms. The van der Waals surface area contributed by atoms with Crippen molar-refractivity contribution in [2.45, 2.75) is 90.0 Å². The van der Waals surface area contributed by atoms with Crippen LogP contribution < -0.4 is 10.4 Å². The molecule has 1 heterocycles. The average Bonchev–Trinajstić information content (AvgIpc) is 2.98. The number of hydrogen-bond donors (Lipinski definition) is 1. The van der Waals surface area contributed by atoms with Crippen molar-refractivity contribution in [2.24, 2.45) is 0 Å². The standard InChI is InChI=1S/C21H34N2O/c1-2-3-4-5-6-7-8-9-10-12-17-20-18-21(24)22-23(20)19-15-13-11-14-16-19/h11,13-16,20H,2-10,12,17-18H2,1H3,(H,22,24). The highest BCUT2D eigenvalue weighted by Crippen LogP contribution is 2.24. The van der Waals surface area contributed by atoms with Crippen molar-refractivity contribution in [3.8, 4) is 0 Å². The number of carbonyl (C=O) groups excluding carboxylic acids is 1. The van der Waals surface area contributed by atoms with E-state index in [-0.39, 0.29) is 5.91 Å². The van der Waals surface area contributed by atoms with Gasteiger partial charge in [-0.2, -0.15) is 0 Å². The van der Waals surface area contributed by atoms with Gasteiger partial charge in [-0.05, 0) is 18.6 Å². The van der Waals surface area contributed by atoms with Gasteiger partial charge in [0.2, 0.25) is 5.91 Å². The Morgan fingerprint density at radius 2 is 1.50 bits per heavy atom. The summed E-state index contributed by atoms with van der Waals surface area (Å²) < 4.78 is 0. The van der Waals surface area contributed by atoms with Gasteiger partial charge in [0, 0.05) is 0 Å². The Labute approximate surface area is 147 Å². The Bertz CT molecular complexity index is 460. The Hall–Kier alpha value is -1.51. The molecule has 3 heteroatoms. The van der Waals surface area contributed by atoms with Crippen LogP contribution >= 0.6 is 0 Å². The second-order valence-corrected chi connectivity index (χ2v) is 7.07. The number of amides is 1. The summed E-state index contributed by atoms with van der Waals surface area (Å²) in [4.78, 5) is 11.8. The zero-order valence-corrected chi connectivity index (χ0v) is 15.3. The monoisotopic (exact) mass is 330 g/mol. The lowest BCUT2D eigenvalue weighted by Crippen LogP contribution is -2.38. The fraction of sp³-hybridized carbons (Fsp3) is 0.667. The molecule has 3 nitrogen and oxygen atoms in total. The highest BCUT2D eigenvalue weighted by molar-refractivity contribution is 5.82. The number of rotatable bonds is 12. The molecule has 1 fully saturated rings. The summed E-state index contributed by atoms with van der Waals surface area (Å²) in [6.07, 6.45) is 15.3. The van der Waals surface area contributed by atoms with E-state index in [2.05, 4.69) is 29.5 Å². The van der Waals surface area contributed by atoms with Crippen LogP contribution in [0.5, 0.6) is 0 Å². The Morgan fingerprint density at radius 1 is 0.917 bits per heavy atom. The Kier molecular flexibility index (Phi) is 8.72. The topological polar surface area (TPSA) is 32.3 Å². The van der Waals surface area contributed by atoms with Crippen LogP contribution in [0.2, 0.25) is 0 Å². The Balaban J connectivity index is 1.57. The fourth-order valence-corrected chi connectivity index (χ4v) is 3.54. The summed E-state index contributed by atoms with van der Waals surface area (Å²) in [5.41, 5.74) is 4.10. The molecule has 0 aliphatic carbocycles. The first-order valence-electron chi connectivity index (χ1n) is 9.95. The molecule has 1 atom stereocenters. The average molecular weight is 331 g/mol. The number of unbranched alkanes of at least 4 members (excludes halogenated alkanes) is 9. The lowest BCUT2D eigenvalue weighted by atomic mass is 10.0. The van der Waals surface area contributed by atoms with Gasteiger partial charge in [0.15, 0.2) is 0 Å². The molecule has 24 heavy (non-hydrogen) atoms. The summed E-state index contributed by atoms with van der Waals surface area (Å²) in [5.74, 6) is 0.149. The SMILES string of the molecule is CCCCCCCCCCCCC1CC(=O)NN1c1ccccc1. The summed E-state index contributed by atoms with van der Waals surface area (Å²) in [5, 5.41) is 2.07. The Morgan fingerprint density at radius 3 is 2.12 bits per heavy atom. The van der Waals surface area contributed by atoms with Crippen LogP contribution in [0.4, 0.5) is 5.69 Å². The molecule has 1 aromatic rings. The minimum atomic E-state index is 0.149. The number of hydrogen-bond acceptors (Lipinski definition) is 2. The van der Waals surface area contributed by atoms with E-state index in [0.29, 0.717) is 12.5 Å². The van der Waals surface area contributed by atoms with Crippen molar-refractivity contribution >= 4 is 11.6 Å². The van der Waals surface area contributed by atoms with Crippen molar-refractivity contribution in [1.29, 1.82) is 0 Å². The van der Waals surface area contributed by atoms with Crippen LogP contribution in [-0.2, 0) is 4.79 Å². The van der Waals surface area contributed by atoms with E-state index in [9.17, 15) is 4.79 Å². The lowest BCUT2D eigenvalue weighted by molar-refractivity contribution is -0.119. The van der Waals surface area contributed by atoms with E-state index in [1.165, 1.54) is 64.2 Å². The first-order valence-corrected chi connectivity index (χ1v) is 9.95. The maximum Gasteiger partial charge on any atom is 0.240 e. The lowest BCUT2D eigenvalue weighted by Gasteiger charge is -2.25. The van der Waals surface area contributed by atoms with Crippen molar-refractivity contribution in [3.05, 3.63) is 30.3 Å². The van der Waals surface area contributed by atoms with Gasteiger partial charge < -0.3 is 0 Å². The molecule has 0 saturated carbocycles. The first-order chi connectivity index (χ1) is 11.8. The van der Waals surface area contributed by atoms with Gasteiger partial charge in [0.05, 0.1) is 18.2 Å². The number of para-hydroxylation sites is 1. The van der Waals surface area contributed by atoms with Crippen molar-refractivity contribution in [3.63, 3.8) is 0 Å². The number of nitrogens with one attached hydrogen (secondary N) is 1. The third-order valence-corrected chi connectivity index (χ3v) is 4.96. The highest BCUT2D eigenvalue weighted by atomic mass is 16.2. The highest BCUT2D eigenvalue weighted by Gasteiger charge is 2.29. The van der Waals surface area contributed by atoms with Gasteiger partial charge in [0.1, 0.15) is 0 Å². The van der Waals surface area contributed by atoms with E-state index >= 15 is 0 Å². The normalized spacial score (nSPS) is 17.3. The van der Waals surface area contributed by atoms with Crippen molar-refractivity contribution in [2.75, 3.05) is 5.01 Å². The van der Waals surface area contributed by atoms with Crippen molar-refractivity contribution < 1.29 is 4.79 Å². The van der Waals surface area contributed by atoms with Gasteiger partial charge in [-0.1, -0.05) is 89.3 Å². The molecule has 2 rings (SSSR count). The summed E-state index contributed by atoms with van der Waals surface area (Å²) in [6.45, 7) is 2.27. The van der Waals surface area contributed by atoms with E-state index in [4.69, 9.17) is 0 Å². The van der Waals surface area contributed by atoms with E-state index in [1.807, 2.05) is 18.2 Å². The van der Waals surface area contributed by atoms with Gasteiger partial charge in [-0.25, -0.2) is 0 Å². The van der Waals surface area contributed by atoms with Gasteiger partial charge >= 0.3 is 0 Å². The molecule has 1 N–H and O–H groups in total. The summed E-state index contributed by atoms with van der Waals surface area (Å²) in [7, 11) is 0. The number of nitrogens with zero attached hydrogens (tertiary/aromatic N) is 1. The molecule has 1 saturated heterocycles. The molecule has 1 aliphatic rings. The summed E-state index contributed by atoms with van der Waals surface area (Å²) >= 11 is 0. The van der Waals surface area contributed by atoms with Crippen molar-refractivity contribution in [1.82, 2.24) is 5.43 Å². The number of benzene rings is 1. The van der Waals surface area contributed by atoms with E-state index in [1.54, 1.807) is 0 Å². The van der Waals surface area contributed by atoms with E-state index in [0.717, 1.165) is 12.1 Å². The zero-order chi connectivity index (χ0) is 17.0. The maximum atomic E-state index is 11.8. The minimum Gasteiger partial charge on any atom is -0.282 e. The largest absolute Gasteiger partial charge is 0.282 e. The quantitative estimate of drug-likeness (QED) is 0.505. The molecule has 0 aromatic heterocycles. The zero-order valence-electron chi connectivity index (χ0n) is 15.3. The van der Waals surface area contributed by atoms with Crippen LogP contribution in [0.3, 0.4) is 0 Å². The van der Waals surface area contributed by atoms with Crippen LogP contribution in [0.25, 0.3) is 0 Å². The van der Waals surface area contributed by atoms with Crippen LogP contribution in [0, 0.1) is 0 Å². The number of anilines is 1. The van der Waals surface area contributed by atoms with Gasteiger partial charge in [-0.15, -0.1) is 0 Å². The fourth-order valence-electron chi connectivity index (χ4n) is 3.54. The predicted molar refractivity (Wildman–Crippen MR) is 102 cm³/mol. The number of carbonyl (C=O) groups is 1. The molecule has 1 unspecified atom stereocenters. The first kappa shape index (κ1) is 18.8. The number of hydrazine groups is 1. The smallest absolute Gasteiger partial charge is 0.240 e. The molecule has 0 radical (unpaired) electrons. The predicted octanol–water partition coefficient (Wildman–Crippen LogP) is 5.61. The van der Waals surface area contributed by atoms with Gasteiger partial charge in [0.25, 0.3) is 0 Å². The maximum absolute atomic E-state index is 11.8. The molecule has 1 aromatic carbocycles. The molecular weight excluding hydrogens is 296 g/mol. The van der Waals surface area contributed by atoms with Crippen LogP contribution in [0.1, 0.15) is 84.0 Å². The van der Waals surface area contributed by atoms with Crippen LogP contribution in [-0.4, -0.2) is 11.9 Å². The molecule has 134 valence electrons. The minimum absolute atomic E-state index is 0.149. The third-order valence-electron chi connectivity index (χ3n) is 4.96. The molecular formula is C21H34N2O. The second kappa shape index (κ2) is 11.1.